The number of carbonyl (C=O) groups is 1. The van der Waals surface area contributed by atoms with E-state index in [4.69, 9.17) is 4.42 Å². The van der Waals surface area contributed by atoms with Crippen LogP contribution in [0.5, 0.6) is 0 Å². The highest BCUT2D eigenvalue weighted by atomic mass is 32.1. The van der Waals surface area contributed by atoms with Gasteiger partial charge in [-0.05, 0) is 26.0 Å². The Morgan fingerprint density at radius 2 is 2.19 bits per heavy atom. The Morgan fingerprint density at radius 1 is 1.44 bits per heavy atom. The maximum absolute atomic E-state index is 11.5. The van der Waals surface area contributed by atoms with Crippen LogP contribution >= 0.6 is 11.3 Å². The zero-order valence-electron chi connectivity index (χ0n) is 9.33. The third-order valence-corrected chi connectivity index (χ3v) is 3.35. The molecule has 1 N–H and O–H groups in total. The Labute approximate surface area is 97.3 Å². The molecule has 2 aromatic rings. The topological polar surface area (TPSA) is 55.1 Å². The average Bonchev–Trinajstić information content (AvgIpc) is 2.83. The molecule has 0 bridgehead atoms. The largest absolute Gasteiger partial charge is 0.459 e. The summed E-state index contributed by atoms with van der Waals surface area (Å²) in [6.45, 7) is 3.70. The van der Waals surface area contributed by atoms with Crippen molar-refractivity contribution in [2.45, 2.75) is 13.8 Å². The molecule has 2 rings (SSSR count). The molecule has 2 heterocycles. The van der Waals surface area contributed by atoms with Crippen molar-refractivity contribution >= 4 is 17.2 Å². The first-order valence-electron chi connectivity index (χ1n) is 4.88. The van der Waals surface area contributed by atoms with Crippen LogP contribution in [-0.2, 0) is 0 Å². The van der Waals surface area contributed by atoms with Crippen LogP contribution in [0.3, 0.4) is 0 Å². The number of aryl methyl sites for hydroxylation is 2. The molecule has 0 saturated carbocycles. The van der Waals surface area contributed by atoms with Crippen LogP contribution in [0.2, 0.25) is 0 Å². The predicted molar refractivity (Wildman–Crippen MR) is 62.7 cm³/mol. The van der Waals surface area contributed by atoms with Crippen molar-refractivity contribution in [3.8, 4) is 10.8 Å². The van der Waals surface area contributed by atoms with E-state index < -0.39 is 0 Å². The first kappa shape index (κ1) is 10.9. The Balaban J connectivity index is 2.41. The lowest BCUT2D eigenvalue weighted by Crippen LogP contribution is -2.17. The lowest BCUT2D eigenvalue weighted by molar-refractivity contribution is 0.0966. The lowest BCUT2D eigenvalue weighted by Gasteiger charge is -1.93. The Kier molecular flexibility index (Phi) is 2.78. The van der Waals surface area contributed by atoms with Gasteiger partial charge < -0.3 is 9.73 Å². The summed E-state index contributed by atoms with van der Waals surface area (Å²) < 4.78 is 5.47. The second kappa shape index (κ2) is 4.09. The quantitative estimate of drug-likeness (QED) is 0.871. The minimum atomic E-state index is -0.107. The molecule has 0 aliphatic carbocycles. The van der Waals surface area contributed by atoms with Gasteiger partial charge in [-0.15, -0.1) is 11.3 Å². The number of nitrogens with one attached hydrogen (secondary N) is 1. The standard InChI is InChI=1S/C11H12N2O2S/c1-6-4-5-8(15-6)11-13-7(2)9(16-11)10(14)12-3/h4-5H,1-3H3,(H,12,14). The van der Waals surface area contributed by atoms with Crippen molar-refractivity contribution in [2.75, 3.05) is 7.05 Å². The summed E-state index contributed by atoms with van der Waals surface area (Å²) >= 11 is 1.34. The van der Waals surface area contributed by atoms with Gasteiger partial charge in [-0.3, -0.25) is 4.79 Å². The van der Waals surface area contributed by atoms with Crippen molar-refractivity contribution < 1.29 is 9.21 Å². The first-order chi connectivity index (χ1) is 7.61. The van der Waals surface area contributed by atoms with E-state index in [-0.39, 0.29) is 5.91 Å². The number of amides is 1. The summed E-state index contributed by atoms with van der Waals surface area (Å²) in [4.78, 5) is 16.5. The molecule has 0 radical (unpaired) electrons. The SMILES string of the molecule is CNC(=O)c1sc(-c2ccc(C)o2)nc1C. The number of thiazole rings is 1. The van der Waals surface area contributed by atoms with E-state index >= 15 is 0 Å². The first-order valence-corrected chi connectivity index (χ1v) is 5.70. The van der Waals surface area contributed by atoms with Crippen LogP contribution in [0, 0.1) is 13.8 Å². The predicted octanol–water partition coefficient (Wildman–Crippen LogP) is 2.38. The van der Waals surface area contributed by atoms with E-state index in [1.54, 1.807) is 7.05 Å². The number of hydrogen-bond acceptors (Lipinski definition) is 4. The zero-order valence-corrected chi connectivity index (χ0v) is 10.1. The van der Waals surface area contributed by atoms with E-state index in [1.807, 2.05) is 26.0 Å². The lowest BCUT2D eigenvalue weighted by atomic mass is 10.4. The molecule has 16 heavy (non-hydrogen) atoms. The van der Waals surface area contributed by atoms with Gasteiger partial charge in [0.15, 0.2) is 10.8 Å². The molecule has 0 fully saturated rings. The summed E-state index contributed by atoms with van der Waals surface area (Å²) in [5, 5.41) is 3.33. The van der Waals surface area contributed by atoms with Crippen LogP contribution in [0.1, 0.15) is 21.1 Å². The second-order valence-corrected chi connectivity index (χ2v) is 4.42. The highest BCUT2D eigenvalue weighted by Crippen LogP contribution is 2.29. The van der Waals surface area contributed by atoms with Gasteiger partial charge in [0, 0.05) is 7.05 Å². The minimum absolute atomic E-state index is 0.107. The highest BCUT2D eigenvalue weighted by Gasteiger charge is 2.16. The van der Waals surface area contributed by atoms with Gasteiger partial charge in [-0.2, -0.15) is 0 Å². The molecule has 5 heteroatoms. The highest BCUT2D eigenvalue weighted by molar-refractivity contribution is 7.17. The monoisotopic (exact) mass is 236 g/mol. The molecule has 0 aliphatic rings. The Morgan fingerprint density at radius 3 is 2.75 bits per heavy atom. The third-order valence-electron chi connectivity index (χ3n) is 2.18. The van der Waals surface area contributed by atoms with Crippen molar-refractivity contribution in [3.63, 3.8) is 0 Å². The van der Waals surface area contributed by atoms with Gasteiger partial charge in [0.05, 0.1) is 5.69 Å². The van der Waals surface area contributed by atoms with Crippen LogP contribution in [0.25, 0.3) is 10.8 Å². The van der Waals surface area contributed by atoms with Gasteiger partial charge in [-0.1, -0.05) is 0 Å². The van der Waals surface area contributed by atoms with E-state index in [1.165, 1.54) is 11.3 Å². The summed E-state index contributed by atoms with van der Waals surface area (Å²) in [5.74, 6) is 1.44. The number of nitrogens with zero attached hydrogens (tertiary/aromatic N) is 1. The van der Waals surface area contributed by atoms with Crippen molar-refractivity contribution in [2.24, 2.45) is 0 Å². The number of carbonyl (C=O) groups excluding carboxylic acids is 1. The number of furan rings is 1. The normalized spacial score (nSPS) is 10.4. The average molecular weight is 236 g/mol. The molecule has 1 amide bonds. The summed E-state index contributed by atoms with van der Waals surface area (Å²) in [6.07, 6.45) is 0. The molecule has 4 nitrogen and oxygen atoms in total. The fourth-order valence-corrected chi connectivity index (χ4v) is 2.35. The van der Waals surface area contributed by atoms with Crippen LogP contribution in [0.15, 0.2) is 16.5 Å². The van der Waals surface area contributed by atoms with Crippen LogP contribution in [0.4, 0.5) is 0 Å². The van der Waals surface area contributed by atoms with Gasteiger partial charge in [0.1, 0.15) is 10.6 Å². The van der Waals surface area contributed by atoms with E-state index in [0.717, 1.165) is 16.5 Å². The number of rotatable bonds is 2. The molecule has 0 atom stereocenters. The molecule has 84 valence electrons. The second-order valence-electron chi connectivity index (χ2n) is 3.42. The van der Waals surface area contributed by atoms with E-state index in [2.05, 4.69) is 10.3 Å². The fourth-order valence-electron chi connectivity index (χ4n) is 1.38. The zero-order chi connectivity index (χ0) is 11.7. The molecule has 0 saturated heterocycles. The minimum Gasteiger partial charge on any atom is -0.459 e. The number of hydrogen-bond donors (Lipinski definition) is 1. The molecular weight excluding hydrogens is 224 g/mol. The van der Waals surface area contributed by atoms with Crippen LogP contribution < -0.4 is 5.32 Å². The third kappa shape index (κ3) is 1.86. The van der Waals surface area contributed by atoms with Crippen molar-refractivity contribution in [3.05, 3.63) is 28.5 Å². The van der Waals surface area contributed by atoms with Gasteiger partial charge in [0.25, 0.3) is 5.91 Å². The molecular formula is C11H12N2O2S. The van der Waals surface area contributed by atoms with Gasteiger partial charge in [0.2, 0.25) is 0 Å². The Hall–Kier alpha value is -1.62. The van der Waals surface area contributed by atoms with Gasteiger partial charge >= 0.3 is 0 Å². The maximum Gasteiger partial charge on any atom is 0.263 e. The van der Waals surface area contributed by atoms with Crippen molar-refractivity contribution in [1.29, 1.82) is 0 Å². The molecule has 0 spiro atoms. The number of aromatic nitrogens is 1. The molecule has 2 aromatic heterocycles. The summed E-state index contributed by atoms with van der Waals surface area (Å²) in [6, 6.07) is 3.74. The van der Waals surface area contributed by atoms with Crippen LogP contribution in [-0.4, -0.2) is 17.9 Å². The van der Waals surface area contributed by atoms with Gasteiger partial charge in [-0.25, -0.2) is 4.98 Å². The van der Waals surface area contributed by atoms with Crippen molar-refractivity contribution in [1.82, 2.24) is 10.3 Å². The Bertz CT molecular complexity index is 528. The van der Waals surface area contributed by atoms with E-state index in [0.29, 0.717) is 10.6 Å². The van der Waals surface area contributed by atoms with E-state index in [9.17, 15) is 4.79 Å². The fraction of sp³-hybridized carbons (Fsp3) is 0.273. The molecule has 0 aromatic carbocycles. The summed E-state index contributed by atoms with van der Waals surface area (Å²) in [5.41, 5.74) is 0.730. The molecule has 0 aliphatic heterocycles. The summed E-state index contributed by atoms with van der Waals surface area (Å²) in [7, 11) is 1.61. The maximum atomic E-state index is 11.5. The smallest absolute Gasteiger partial charge is 0.263 e. The molecule has 0 unspecified atom stereocenters.